The van der Waals surface area contributed by atoms with Crippen LogP contribution in [0.5, 0.6) is 0 Å². The van der Waals surface area contributed by atoms with Gasteiger partial charge in [0, 0.05) is 18.8 Å². The molecule has 1 atom stereocenters. The molecular weight excluding hydrogens is 278 g/mol. The van der Waals surface area contributed by atoms with Gasteiger partial charge in [-0.3, -0.25) is 9.36 Å². The third-order valence-electron chi connectivity index (χ3n) is 3.53. The number of rotatable bonds is 8. The molecule has 0 saturated heterocycles. The molecule has 1 aliphatic carbocycles. The number of thioether (sulfide) groups is 1. The maximum Gasteiger partial charge on any atom is 0.343 e. The van der Waals surface area contributed by atoms with E-state index in [-0.39, 0.29) is 11.6 Å². The van der Waals surface area contributed by atoms with Crippen molar-refractivity contribution in [3.63, 3.8) is 0 Å². The van der Waals surface area contributed by atoms with Gasteiger partial charge >= 0.3 is 5.69 Å². The number of H-pyrrole nitrogens is 1. The van der Waals surface area contributed by atoms with E-state index >= 15 is 0 Å². The Morgan fingerprint density at radius 3 is 2.85 bits per heavy atom. The first-order chi connectivity index (χ1) is 9.42. The van der Waals surface area contributed by atoms with Crippen LogP contribution in [0, 0.1) is 0 Å². The Kier molecular flexibility index (Phi) is 4.54. The molecule has 1 unspecified atom stereocenters. The zero-order valence-electron chi connectivity index (χ0n) is 11.8. The molecule has 112 valence electrons. The monoisotopic (exact) mass is 299 g/mol. The van der Waals surface area contributed by atoms with E-state index in [0.29, 0.717) is 17.6 Å². The van der Waals surface area contributed by atoms with E-state index in [4.69, 9.17) is 5.73 Å². The molecule has 1 saturated carbocycles. The van der Waals surface area contributed by atoms with Gasteiger partial charge in [-0.25, -0.2) is 9.89 Å². The first kappa shape index (κ1) is 15.1. The molecule has 2 rings (SSSR count). The highest BCUT2D eigenvalue weighted by Crippen LogP contribution is 2.25. The van der Waals surface area contributed by atoms with Crippen LogP contribution in [0.2, 0.25) is 0 Å². The van der Waals surface area contributed by atoms with E-state index in [1.165, 1.54) is 16.3 Å². The number of primary amides is 1. The largest absolute Gasteiger partial charge is 0.368 e. The first-order valence-electron chi connectivity index (χ1n) is 6.74. The van der Waals surface area contributed by atoms with E-state index in [9.17, 15) is 9.59 Å². The van der Waals surface area contributed by atoms with Gasteiger partial charge in [0.1, 0.15) is 0 Å². The molecule has 20 heavy (non-hydrogen) atoms. The lowest BCUT2D eigenvalue weighted by Gasteiger charge is -2.27. The van der Waals surface area contributed by atoms with Gasteiger partial charge in [0.2, 0.25) is 5.91 Å². The van der Waals surface area contributed by atoms with Gasteiger partial charge in [-0.05, 0) is 32.6 Å². The third-order valence-corrected chi connectivity index (χ3v) is 4.65. The summed E-state index contributed by atoms with van der Waals surface area (Å²) in [6.45, 7) is 1.86. The van der Waals surface area contributed by atoms with Crippen molar-refractivity contribution in [2.45, 2.75) is 49.3 Å². The fourth-order valence-electron chi connectivity index (χ4n) is 2.00. The second-order valence-corrected chi connectivity index (χ2v) is 6.50. The van der Waals surface area contributed by atoms with Crippen LogP contribution in [-0.4, -0.2) is 38.0 Å². The summed E-state index contributed by atoms with van der Waals surface area (Å²) in [5.41, 5.74) is 4.64. The lowest BCUT2D eigenvalue weighted by atomic mass is 9.95. The van der Waals surface area contributed by atoms with Crippen LogP contribution in [0.15, 0.2) is 9.95 Å². The predicted octanol–water partition coefficient (Wildman–Crippen LogP) is -0.0233. The Labute approximate surface area is 121 Å². The van der Waals surface area contributed by atoms with E-state index in [0.717, 1.165) is 25.0 Å². The fraction of sp³-hybridized carbons (Fsp3) is 0.750. The molecule has 0 radical (unpaired) electrons. The van der Waals surface area contributed by atoms with Gasteiger partial charge in [-0.2, -0.15) is 0 Å². The minimum Gasteiger partial charge on any atom is -0.368 e. The summed E-state index contributed by atoms with van der Waals surface area (Å²) in [5.74, 6) is 0.481. The summed E-state index contributed by atoms with van der Waals surface area (Å²) < 4.78 is 1.47. The molecule has 1 fully saturated rings. The molecule has 1 amide bonds. The number of aromatic amines is 1. The van der Waals surface area contributed by atoms with Crippen molar-refractivity contribution in [3.05, 3.63) is 10.5 Å². The zero-order chi connectivity index (χ0) is 14.8. The number of aromatic nitrogens is 3. The van der Waals surface area contributed by atoms with Crippen molar-refractivity contribution in [3.8, 4) is 0 Å². The number of nitrogens with one attached hydrogen (secondary N) is 2. The van der Waals surface area contributed by atoms with Crippen LogP contribution < -0.4 is 16.7 Å². The summed E-state index contributed by atoms with van der Waals surface area (Å²) in [5, 5.41) is 10.3. The van der Waals surface area contributed by atoms with Crippen molar-refractivity contribution in [1.82, 2.24) is 20.1 Å². The number of nitrogens with zero attached hydrogens (tertiary/aromatic N) is 2. The van der Waals surface area contributed by atoms with Crippen LogP contribution in [0.1, 0.15) is 32.6 Å². The van der Waals surface area contributed by atoms with E-state index < -0.39 is 5.54 Å². The fourth-order valence-corrected chi connectivity index (χ4v) is 2.85. The molecule has 7 nitrogen and oxygen atoms in total. The maximum atomic E-state index is 11.6. The Morgan fingerprint density at radius 2 is 2.35 bits per heavy atom. The lowest BCUT2D eigenvalue weighted by Crippen LogP contribution is -2.54. The highest BCUT2D eigenvalue weighted by atomic mass is 32.2. The molecule has 8 heteroatoms. The smallest absolute Gasteiger partial charge is 0.343 e. The van der Waals surface area contributed by atoms with Crippen molar-refractivity contribution >= 4 is 17.7 Å². The van der Waals surface area contributed by atoms with Crippen LogP contribution in [0.3, 0.4) is 0 Å². The van der Waals surface area contributed by atoms with E-state index in [1.54, 1.807) is 7.05 Å². The number of nitrogens with two attached hydrogens (primary N) is 1. The highest BCUT2D eigenvalue weighted by molar-refractivity contribution is 7.99. The molecule has 4 N–H and O–H groups in total. The topological polar surface area (TPSA) is 106 Å². The second-order valence-electron chi connectivity index (χ2n) is 5.44. The van der Waals surface area contributed by atoms with Crippen LogP contribution in [-0.2, 0) is 11.8 Å². The summed E-state index contributed by atoms with van der Waals surface area (Å²) in [6.07, 6.45) is 3.75. The first-order valence-corrected chi connectivity index (χ1v) is 7.73. The summed E-state index contributed by atoms with van der Waals surface area (Å²) >= 11 is 1.50. The van der Waals surface area contributed by atoms with Gasteiger partial charge in [-0.15, -0.1) is 5.10 Å². The summed E-state index contributed by atoms with van der Waals surface area (Å²) in [6, 6.07) is 0.437. The maximum absolute atomic E-state index is 11.6. The summed E-state index contributed by atoms with van der Waals surface area (Å²) in [4.78, 5) is 22.8. The summed E-state index contributed by atoms with van der Waals surface area (Å²) in [7, 11) is 1.68. The third kappa shape index (κ3) is 3.63. The molecule has 0 aliphatic heterocycles. The quantitative estimate of drug-likeness (QED) is 0.462. The molecule has 0 spiro atoms. The Morgan fingerprint density at radius 1 is 1.65 bits per heavy atom. The molecule has 0 bridgehead atoms. The second kappa shape index (κ2) is 6.01. The number of carbonyl (C=O) groups is 1. The van der Waals surface area contributed by atoms with Gasteiger partial charge in [0.05, 0.1) is 5.54 Å². The highest BCUT2D eigenvalue weighted by Gasteiger charge is 2.36. The number of amides is 1. The molecule has 1 aromatic rings. The number of carbonyl (C=O) groups excluding carboxylic acids is 1. The lowest BCUT2D eigenvalue weighted by molar-refractivity contribution is -0.124. The average molecular weight is 299 g/mol. The van der Waals surface area contributed by atoms with Gasteiger partial charge in [-0.1, -0.05) is 11.8 Å². The van der Waals surface area contributed by atoms with Crippen LogP contribution in [0.25, 0.3) is 0 Å². The Bertz CT molecular complexity index is 536. The average Bonchev–Trinajstić information content (AvgIpc) is 3.14. The molecule has 1 heterocycles. The standard InChI is InChI=1S/C12H21N5O2S/c1-12(9(13)18,14-8-4-5-8)6-3-7-20-11-16-15-10(19)17(11)2/h8,14H,3-7H2,1-2H3,(H2,13,18)(H,15,19). The van der Waals surface area contributed by atoms with Crippen LogP contribution in [0.4, 0.5) is 0 Å². The molecule has 1 aromatic heterocycles. The van der Waals surface area contributed by atoms with Gasteiger partial charge < -0.3 is 11.1 Å². The van der Waals surface area contributed by atoms with Crippen molar-refractivity contribution in [2.75, 3.05) is 5.75 Å². The molecule has 1 aliphatic rings. The van der Waals surface area contributed by atoms with Gasteiger partial charge in [0.25, 0.3) is 0 Å². The SMILES string of the molecule is Cn1c(SCCCC(C)(NC2CC2)C(N)=O)n[nH]c1=O. The minimum absolute atomic E-state index is 0.218. The normalized spacial score (nSPS) is 17.9. The number of hydrogen-bond donors (Lipinski definition) is 3. The minimum atomic E-state index is -0.640. The van der Waals surface area contributed by atoms with E-state index in [1.807, 2.05) is 6.92 Å². The van der Waals surface area contributed by atoms with Crippen molar-refractivity contribution < 1.29 is 4.79 Å². The Balaban J connectivity index is 1.80. The van der Waals surface area contributed by atoms with Crippen molar-refractivity contribution in [2.24, 2.45) is 12.8 Å². The van der Waals surface area contributed by atoms with Gasteiger partial charge in [0.15, 0.2) is 5.16 Å². The Hall–Kier alpha value is -1.28. The zero-order valence-corrected chi connectivity index (χ0v) is 12.6. The van der Waals surface area contributed by atoms with Crippen molar-refractivity contribution in [1.29, 1.82) is 0 Å². The molecular formula is C12H21N5O2S. The molecule has 0 aromatic carbocycles. The number of hydrogen-bond acceptors (Lipinski definition) is 5. The van der Waals surface area contributed by atoms with Crippen LogP contribution >= 0.6 is 11.8 Å². The van der Waals surface area contributed by atoms with E-state index in [2.05, 4.69) is 15.5 Å². The predicted molar refractivity (Wildman–Crippen MR) is 77.5 cm³/mol.